The summed E-state index contributed by atoms with van der Waals surface area (Å²) in [6, 6.07) is 0.486. The molecule has 0 radical (unpaired) electrons. The van der Waals surface area contributed by atoms with Crippen molar-refractivity contribution >= 4 is 0 Å². The lowest BCUT2D eigenvalue weighted by Crippen LogP contribution is -2.36. The average Bonchev–Trinajstić information content (AvgIpc) is 2.22. The Morgan fingerprint density at radius 2 is 2.00 bits per heavy atom. The van der Waals surface area contributed by atoms with E-state index in [1.165, 1.54) is 0 Å². The van der Waals surface area contributed by atoms with Crippen LogP contribution in [-0.2, 0) is 6.42 Å². The summed E-state index contributed by atoms with van der Waals surface area (Å²) in [5.74, 6) is 0.613. The summed E-state index contributed by atoms with van der Waals surface area (Å²) in [7, 11) is 0. The van der Waals surface area contributed by atoms with Crippen molar-refractivity contribution in [2.24, 2.45) is 5.92 Å². The molecule has 3 heteroatoms. The molecule has 90 valence electrons. The number of likely N-dealkylation sites (N-methyl/N-ethyl adjacent to an activating group) is 1. The number of hydrogen-bond donors (Lipinski definition) is 1. The molecule has 0 bridgehead atoms. The fourth-order valence-electron chi connectivity index (χ4n) is 1.79. The summed E-state index contributed by atoms with van der Waals surface area (Å²) >= 11 is 0. The molecule has 1 rings (SSSR count). The van der Waals surface area contributed by atoms with Crippen molar-refractivity contribution in [2.75, 3.05) is 6.54 Å². The minimum absolute atomic E-state index is 0.486. The van der Waals surface area contributed by atoms with Crippen LogP contribution in [0.25, 0.3) is 0 Å². The molecule has 1 unspecified atom stereocenters. The van der Waals surface area contributed by atoms with Crippen LogP contribution < -0.4 is 5.32 Å². The Morgan fingerprint density at radius 3 is 2.56 bits per heavy atom. The van der Waals surface area contributed by atoms with Gasteiger partial charge in [0.25, 0.3) is 0 Å². The molecule has 1 aromatic heterocycles. The lowest BCUT2D eigenvalue weighted by atomic mass is 9.98. The third kappa shape index (κ3) is 3.56. The molecule has 3 nitrogen and oxygen atoms in total. The molecule has 0 saturated heterocycles. The van der Waals surface area contributed by atoms with E-state index in [0.717, 1.165) is 30.0 Å². The van der Waals surface area contributed by atoms with Crippen molar-refractivity contribution < 1.29 is 0 Å². The first kappa shape index (κ1) is 13.1. The predicted molar refractivity (Wildman–Crippen MR) is 67.5 cm³/mol. The molecule has 0 spiro atoms. The van der Waals surface area contributed by atoms with E-state index in [1.54, 1.807) is 0 Å². The smallest absolute Gasteiger partial charge is 0.0634 e. The molecule has 0 aromatic carbocycles. The van der Waals surface area contributed by atoms with Gasteiger partial charge >= 0.3 is 0 Å². The highest BCUT2D eigenvalue weighted by Gasteiger charge is 2.15. The Hall–Kier alpha value is -0.960. The minimum Gasteiger partial charge on any atom is -0.314 e. The Balaban J connectivity index is 2.80. The highest BCUT2D eigenvalue weighted by molar-refractivity contribution is 5.13. The fourth-order valence-corrected chi connectivity index (χ4v) is 1.79. The molecule has 0 fully saturated rings. The van der Waals surface area contributed by atoms with Gasteiger partial charge in [-0.15, -0.1) is 0 Å². The Morgan fingerprint density at radius 1 is 1.31 bits per heavy atom. The van der Waals surface area contributed by atoms with Gasteiger partial charge in [-0.3, -0.25) is 9.97 Å². The molecule has 0 aliphatic carbocycles. The lowest BCUT2D eigenvalue weighted by Gasteiger charge is -2.22. The summed E-state index contributed by atoms with van der Waals surface area (Å²) in [5, 5.41) is 3.51. The van der Waals surface area contributed by atoms with Crippen LogP contribution >= 0.6 is 0 Å². The standard InChI is InChI=1S/C13H23N3/c1-6-14-12(9(2)3)7-13-11(5)15-8-10(4)16-13/h8-9,12,14H,6-7H2,1-5H3. The summed E-state index contributed by atoms with van der Waals surface area (Å²) in [6.45, 7) is 11.7. The van der Waals surface area contributed by atoms with E-state index >= 15 is 0 Å². The van der Waals surface area contributed by atoms with Gasteiger partial charge in [0.2, 0.25) is 0 Å². The molecule has 0 aliphatic heterocycles. The van der Waals surface area contributed by atoms with Crippen LogP contribution in [0.2, 0.25) is 0 Å². The first-order valence-electron chi connectivity index (χ1n) is 6.07. The van der Waals surface area contributed by atoms with Crippen molar-refractivity contribution in [1.29, 1.82) is 0 Å². The highest BCUT2D eigenvalue weighted by atomic mass is 14.9. The van der Waals surface area contributed by atoms with Gasteiger partial charge in [0.05, 0.1) is 17.1 Å². The molecular weight excluding hydrogens is 198 g/mol. The average molecular weight is 221 g/mol. The fraction of sp³-hybridized carbons (Fsp3) is 0.692. The maximum atomic E-state index is 4.57. The Bertz CT molecular complexity index is 334. The van der Waals surface area contributed by atoms with Crippen LogP contribution in [-0.4, -0.2) is 22.6 Å². The molecule has 1 aromatic rings. The molecule has 1 N–H and O–H groups in total. The van der Waals surface area contributed by atoms with E-state index in [4.69, 9.17) is 0 Å². The van der Waals surface area contributed by atoms with Gasteiger partial charge < -0.3 is 5.32 Å². The summed E-state index contributed by atoms with van der Waals surface area (Å²) in [4.78, 5) is 8.94. The maximum Gasteiger partial charge on any atom is 0.0634 e. The second-order valence-electron chi connectivity index (χ2n) is 4.66. The number of aryl methyl sites for hydroxylation is 2. The second kappa shape index (κ2) is 5.94. The van der Waals surface area contributed by atoms with Gasteiger partial charge in [0.15, 0.2) is 0 Å². The summed E-state index contributed by atoms with van der Waals surface area (Å²) in [5.41, 5.74) is 3.17. The number of rotatable bonds is 5. The van der Waals surface area contributed by atoms with Crippen LogP contribution in [0.3, 0.4) is 0 Å². The monoisotopic (exact) mass is 221 g/mol. The number of aromatic nitrogens is 2. The third-order valence-electron chi connectivity index (χ3n) is 2.86. The van der Waals surface area contributed by atoms with Crippen molar-refractivity contribution in [3.8, 4) is 0 Å². The molecule has 16 heavy (non-hydrogen) atoms. The van der Waals surface area contributed by atoms with Crippen molar-refractivity contribution in [1.82, 2.24) is 15.3 Å². The number of nitrogens with one attached hydrogen (secondary N) is 1. The number of hydrogen-bond acceptors (Lipinski definition) is 3. The van der Waals surface area contributed by atoms with Crippen LogP contribution in [0, 0.1) is 19.8 Å². The van der Waals surface area contributed by atoms with Gasteiger partial charge in [-0.1, -0.05) is 20.8 Å². The van der Waals surface area contributed by atoms with Gasteiger partial charge in [0, 0.05) is 18.7 Å². The molecule has 0 aliphatic rings. The topological polar surface area (TPSA) is 37.8 Å². The van der Waals surface area contributed by atoms with Gasteiger partial charge in [-0.2, -0.15) is 0 Å². The third-order valence-corrected chi connectivity index (χ3v) is 2.86. The molecule has 1 heterocycles. The van der Waals surface area contributed by atoms with E-state index < -0.39 is 0 Å². The predicted octanol–water partition coefficient (Wildman–Crippen LogP) is 2.27. The first-order chi connectivity index (χ1) is 7.54. The minimum atomic E-state index is 0.486. The van der Waals surface area contributed by atoms with Gasteiger partial charge in [-0.25, -0.2) is 0 Å². The van der Waals surface area contributed by atoms with Crippen LogP contribution in [0.4, 0.5) is 0 Å². The van der Waals surface area contributed by atoms with E-state index in [2.05, 4.69) is 36.1 Å². The van der Waals surface area contributed by atoms with Gasteiger partial charge in [0.1, 0.15) is 0 Å². The van der Waals surface area contributed by atoms with Crippen molar-refractivity contribution in [2.45, 2.75) is 47.1 Å². The largest absolute Gasteiger partial charge is 0.314 e. The lowest BCUT2D eigenvalue weighted by molar-refractivity contribution is 0.401. The Labute approximate surface area is 98.7 Å². The summed E-state index contributed by atoms with van der Waals surface area (Å²) in [6.07, 6.45) is 2.79. The van der Waals surface area contributed by atoms with Gasteiger partial charge in [-0.05, 0) is 26.3 Å². The van der Waals surface area contributed by atoms with Crippen molar-refractivity contribution in [3.63, 3.8) is 0 Å². The van der Waals surface area contributed by atoms with Crippen LogP contribution in [0.1, 0.15) is 37.9 Å². The van der Waals surface area contributed by atoms with E-state index in [0.29, 0.717) is 12.0 Å². The van der Waals surface area contributed by atoms with Crippen molar-refractivity contribution in [3.05, 3.63) is 23.3 Å². The highest BCUT2D eigenvalue weighted by Crippen LogP contribution is 2.11. The quantitative estimate of drug-likeness (QED) is 0.829. The van der Waals surface area contributed by atoms with E-state index in [9.17, 15) is 0 Å². The van der Waals surface area contributed by atoms with E-state index in [1.807, 2.05) is 20.0 Å². The number of nitrogens with zero attached hydrogens (tertiary/aromatic N) is 2. The molecule has 1 atom stereocenters. The molecular formula is C13H23N3. The zero-order valence-corrected chi connectivity index (χ0v) is 11.0. The first-order valence-corrected chi connectivity index (χ1v) is 6.07. The maximum absolute atomic E-state index is 4.57. The Kier molecular flexibility index (Phi) is 4.87. The second-order valence-corrected chi connectivity index (χ2v) is 4.66. The zero-order chi connectivity index (χ0) is 12.1. The zero-order valence-electron chi connectivity index (χ0n) is 11.0. The SMILES string of the molecule is CCNC(Cc1nc(C)cnc1C)C(C)C. The van der Waals surface area contributed by atoms with E-state index in [-0.39, 0.29) is 0 Å². The normalized spacial score (nSPS) is 13.1. The van der Waals surface area contributed by atoms with Crippen LogP contribution in [0.15, 0.2) is 6.20 Å². The van der Waals surface area contributed by atoms with Crippen LogP contribution in [0.5, 0.6) is 0 Å². The molecule has 0 saturated carbocycles. The summed E-state index contributed by atoms with van der Waals surface area (Å²) < 4.78 is 0. The molecule has 0 amide bonds.